The molecule has 5 nitrogen and oxygen atoms in total. The average Bonchev–Trinajstić information content (AvgIpc) is 3.62. The van der Waals surface area contributed by atoms with Gasteiger partial charge in [-0.05, 0) is 155 Å². The van der Waals surface area contributed by atoms with Gasteiger partial charge in [0.1, 0.15) is 12.4 Å². The van der Waals surface area contributed by atoms with Crippen LogP contribution >= 0.6 is 0 Å². The number of unbranched alkanes of at least 4 members (excludes halogenated alkanes) is 1. The number of amides is 1. The molecule has 8 heteroatoms. The largest absolute Gasteiger partial charge is 0.492 e. The number of carbonyl (C=O) groups is 1. The third-order valence-electron chi connectivity index (χ3n) is 10.3. The molecule has 1 amide bonds. The zero-order chi connectivity index (χ0) is 32.6. The fraction of sp³-hybridized carbons (Fsp3) is 0.513. The quantitative estimate of drug-likeness (QED) is 0.202. The highest BCUT2D eigenvalue weighted by atomic mass is 19.4. The molecule has 2 heterocycles. The Balaban J connectivity index is 0.923. The minimum absolute atomic E-state index is 0.131. The van der Waals surface area contributed by atoms with Crippen molar-refractivity contribution < 1.29 is 22.7 Å². The number of hydrogen-bond donors (Lipinski definition) is 1. The van der Waals surface area contributed by atoms with Gasteiger partial charge in [-0.2, -0.15) is 13.2 Å². The van der Waals surface area contributed by atoms with E-state index in [2.05, 4.69) is 27.2 Å². The molecule has 47 heavy (non-hydrogen) atoms. The number of likely N-dealkylation sites (tertiary alicyclic amines) is 2. The summed E-state index contributed by atoms with van der Waals surface area (Å²) < 4.78 is 45.2. The van der Waals surface area contributed by atoms with Crippen LogP contribution in [0.3, 0.4) is 0 Å². The number of aryl methyl sites for hydroxylation is 1. The smallest absolute Gasteiger partial charge is 0.416 e. The second kappa shape index (κ2) is 15.7. The van der Waals surface area contributed by atoms with Crippen molar-refractivity contribution in [1.82, 2.24) is 15.1 Å². The molecule has 3 aliphatic rings. The molecule has 252 valence electrons. The highest BCUT2D eigenvalue weighted by Gasteiger charge is 2.30. The van der Waals surface area contributed by atoms with Gasteiger partial charge >= 0.3 is 6.18 Å². The molecular weight excluding hydrogens is 599 g/mol. The van der Waals surface area contributed by atoms with E-state index in [1.165, 1.54) is 79.8 Å². The molecule has 0 saturated carbocycles. The van der Waals surface area contributed by atoms with Crippen LogP contribution in [0.15, 0.2) is 60.7 Å². The van der Waals surface area contributed by atoms with E-state index in [1.54, 1.807) is 24.3 Å². The van der Waals surface area contributed by atoms with Gasteiger partial charge in [0.25, 0.3) is 5.91 Å². The summed E-state index contributed by atoms with van der Waals surface area (Å²) in [6.07, 6.45) is 7.38. The summed E-state index contributed by atoms with van der Waals surface area (Å²) in [6, 6.07) is 16.8. The van der Waals surface area contributed by atoms with E-state index in [4.69, 9.17) is 4.74 Å². The zero-order valence-corrected chi connectivity index (χ0v) is 27.4. The summed E-state index contributed by atoms with van der Waals surface area (Å²) in [5.74, 6) is 1.63. The van der Waals surface area contributed by atoms with Gasteiger partial charge in [0.05, 0.1) is 5.56 Å². The molecule has 6 rings (SSSR count). The topological polar surface area (TPSA) is 44.8 Å². The molecule has 0 unspecified atom stereocenters. The fourth-order valence-corrected chi connectivity index (χ4v) is 7.48. The summed E-state index contributed by atoms with van der Waals surface area (Å²) in [5.41, 5.74) is 5.73. The molecule has 1 N–H and O–H groups in total. The summed E-state index contributed by atoms with van der Waals surface area (Å²) in [4.78, 5) is 17.8. The Morgan fingerprint density at radius 2 is 1.43 bits per heavy atom. The molecule has 0 spiro atoms. The molecule has 3 aromatic rings. The number of benzene rings is 3. The van der Waals surface area contributed by atoms with Crippen molar-refractivity contribution in [3.8, 4) is 16.9 Å². The minimum atomic E-state index is -4.36. The summed E-state index contributed by atoms with van der Waals surface area (Å²) in [5, 5.41) is 3.01. The Hall–Kier alpha value is -3.36. The van der Waals surface area contributed by atoms with Crippen LogP contribution in [0.4, 0.5) is 13.2 Å². The average molecular weight is 648 g/mol. The van der Waals surface area contributed by atoms with Crippen LogP contribution in [0.5, 0.6) is 5.75 Å². The SMILES string of the molecule is O=C(NCCCCN1CCC(c2ccc3c(c2OCCN2CCCC2)CCCC3)CC1)c1ccc(-c2ccc(C(F)(F)F)cc2)cc1. The maximum Gasteiger partial charge on any atom is 0.416 e. The second-order valence-corrected chi connectivity index (χ2v) is 13.5. The van der Waals surface area contributed by atoms with E-state index in [-0.39, 0.29) is 5.91 Å². The standard InChI is InChI=1S/C39H48F3N3O2/c40-39(41,42)34-16-13-30(14-17-34)29-9-11-33(12-10-29)38(46)43-21-3-4-22-45-25-19-32(20-26-45)36-18-15-31-7-1-2-8-35(31)37(36)47-28-27-44-23-5-6-24-44/h9-18,32H,1-8,19-28H2,(H,43,46). The van der Waals surface area contributed by atoms with Gasteiger partial charge < -0.3 is 15.0 Å². The van der Waals surface area contributed by atoms with Crippen molar-refractivity contribution >= 4 is 5.91 Å². The molecule has 0 atom stereocenters. The third-order valence-corrected chi connectivity index (χ3v) is 10.3. The van der Waals surface area contributed by atoms with Crippen molar-refractivity contribution in [2.24, 2.45) is 0 Å². The Bertz CT molecular complexity index is 1460. The molecule has 2 saturated heterocycles. The highest BCUT2D eigenvalue weighted by molar-refractivity contribution is 5.94. The lowest BCUT2D eigenvalue weighted by Gasteiger charge is -2.34. The Morgan fingerprint density at radius 1 is 0.766 bits per heavy atom. The molecule has 0 bridgehead atoms. The fourth-order valence-electron chi connectivity index (χ4n) is 7.48. The lowest BCUT2D eigenvalue weighted by atomic mass is 9.83. The predicted octanol–water partition coefficient (Wildman–Crippen LogP) is 8.12. The first kappa shape index (κ1) is 33.5. The number of halogens is 3. The number of carbonyl (C=O) groups excluding carboxylic acids is 1. The number of rotatable bonds is 12. The van der Waals surface area contributed by atoms with Crippen LogP contribution in [0.2, 0.25) is 0 Å². The van der Waals surface area contributed by atoms with Crippen LogP contribution in [0.1, 0.15) is 89.9 Å². The van der Waals surface area contributed by atoms with Crippen LogP contribution in [-0.4, -0.2) is 68.1 Å². The van der Waals surface area contributed by atoms with Crippen LogP contribution < -0.4 is 10.1 Å². The highest BCUT2D eigenvalue weighted by Crippen LogP contribution is 2.40. The van der Waals surface area contributed by atoms with E-state index in [0.717, 1.165) is 82.6 Å². The van der Waals surface area contributed by atoms with E-state index in [0.29, 0.717) is 23.6 Å². The number of alkyl halides is 3. The normalized spacial score (nSPS) is 17.9. The number of nitrogens with zero attached hydrogens (tertiary/aromatic N) is 2. The van der Waals surface area contributed by atoms with E-state index < -0.39 is 11.7 Å². The molecule has 1 aliphatic carbocycles. The Morgan fingerprint density at radius 3 is 2.13 bits per heavy atom. The number of ether oxygens (including phenoxy) is 1. The van der Waals surface area contributed by atoms with Gasteiger partial charge in [-0.1, -0.05) is 36.4 Å². The number of fused-ring (bicyclic) bond motifs is 1. The monoisotopic (exact) mass is 647 g/mol. The van der Waals surface area contributed by atoms with Crippen LogP contribution in [-0.2, 0) is 19.0 Å². The first-order valence-electron chi connectivity index (χ1n) is 17.6. The number of hydrogen-bond acceptors (Lipinski definition) is 4. The first-order valence-corrected chi connectivity index (χ1v) is 17.6. The molecule has 2 aliphatic heterocycles. The van der Waals surface area contributed by atoms with Gasteiger partial charge in [0.15, 0.2) is 0 Å². The predicted molar refractivity (Wildman–Crippen MR) is 181 cm³/mol. The number of nitrogens with one attached hydrogen (secondary N) is 1. The first-order chi connectivity index (χ1) is 22.8. The van der Waals surface area contributed by atoms with Gasteiger partial charge in [-0.3, -0.25) is 9.69 Å². The van der Waals surface area contributed by atoms with Crippen molar-refractivity contribution in [2.45, 2.75) is 76.3 Å². The van der Waals surface area contributed by atoms with Crippen LogP contribution in [0.25, 0.3) is 11.1 Å². The molecule has 0 radical (unpaired) electrons. The van der Waals surface area contributed by atoms with Crippen molar-refractivity contribution in [1.29, 1.82) is 0 Å². The Labute approximate surface area is 277 Å². The summed E-state index contributed by atoms with van der Waals surface area (Å²) in [7, 11) is 0. The lowest BCUT2D eigenvalue weighted by molar-refractivity contribution is -0.137. The maximum atomic E-state index is 12.9. The van der Waals surface area contributed by atoms with E-state index in [9.17, 15) is 18.0 Å². The van der Waals surface area contributed by atoms with Gasteiger partial charge in [-0.25, -0.2) is 0 Å². The number of piperidine rings is 1. The maximum absolute atomic E-state index is 12.9. The second-order valence-electron chi connectivity index (χ2n) is 13.5. The van der Waals surface area contributed by atoms with Crippen molar-refractivity contribution in [2.75, 3.05) is 52.4 Å². The van der Waals surface area contributed by atoms with E-state index >= 15 is 0 Å². The van der Waals surface area contributed by atoms with E-state index in [1.807, 2.05) is 0 Å². The summed E-state index contributed by atoms with van der Waals surface area (Å²) >= 11 is 0. The van der Waals surface area contributed by atoms with Crippen molar-refractivity contribution in [3.05, 3.63) is 88.5 Å². The molecule has 0 aromatic heterocycles. The molecule has 3 aromatic carbocycles. The lowest BCUT2D eigenvalue weighted by Crippen LogP contribution is -2.34. The van der Waals surface area contributed by atoms with Gasteiger partial charge in [-0.15, -0.1) is 0 Å². The minimum Gasteiger partial charge on any atom is -0.492 e. The van der Waals surface area contributed by atoms with Crippen LogP contribution in [0, 0.1) is 0 Å². The van der Waals surface area contributed by atoms with Gasteiger partial charge in [0, 0.05) is 18.7 Å². The third kappa shape index (κ3) is 8.76. The molecular formula is C39H48F3N3O2. The van der Waals surface area contributed by atoms with Crippen molar-refractivity contribution in [3.63, 3.8) is 0 Å². The summed E-state index contributed by atoms with van der Waals surface area (Å²) in [6.45, 7) is 8.06. The van der Waals surface area contributed by atoms with Gasteiger partial charge in [0.2, 0.25) is 0 Å². The zero-order valence-electron chi connectivity index (χ0n) is 27.4. The Kier molecular flexibility index (Phi) is 11.2. The molecule has 2 fully saturated rings.